The highest BCUT2D eigenvalue weighted by Gasteiger charge is 2.27. The van der Waals surface area contributed by atoms with Gasteiger partial charge in [-0.2, -0.15) is 0 Å². The summed E-state index contributed by atoms with van der Waals surface area (Å²) >= 11 is 6.00. The first kappa shape index (κ1) is 15.3. The van der Waals surface area contributed by atoms with Gasteiger partial charge in [0.2, 0.25) is 0 Å². The van der Waals surface area contributed by atoms with Crippen LogP contribution in [0.4, 0.5) is 0 Å². The van der Waals surface area contributed by atoms with Crippen molar-refractivity contribution in [1.82, 2.24) is 14.8 Å². The molecule has 20 heavy (non-hydrogen) atoms. The average molecular weight is 296 g/mol. The zero-order valence-electron chi connectivity index (χ0n) is 12.3. The van der Waals surface area contributed by atoms with Crippen LogP contribution in [0, 0.1) is 0 Å². The molecule has 110 valence electrons. The molecule has 1 aromatic heterocycles. The number of hydrogen-bond acceptors (Lipinski definition) is 3. The molecule has 4 nitrogen and oxygen atoms in total. The molecule has 1 saturated heterocycles. The number of pyridine rings is 1. The molecular formula is C15H22ClN3O. The number of halogens is 1. The molecule has 0 unspecified atom stereocenters. The molecule has 0 aliphatic carbocycles. The highest BCUT2D eigenvalue weighted by atomic mass is 35.5. The Balaban J connectivity index is 2.00. The first-order chi connectivity index (χ1) is 9.50. The quantitative estimate of drug-likeness (QED) is 0.805. The van der Waals surface area contributed by atoms with E-state index in [0.717, 1.165) is 25.9 Å². The van der Waals surface area contributed by atoms with Gasteiger partial charge in [-0.15, -0.1) is 0 Å². The smallest absolute Gasteiger partial charge is 0.256 e. The van der Waals surface area contributed by atoms with Crippen LogP contribution >= 0.6 is 11.6 Å². The van der Waals surface area contributed by atoms with E-state index in [9.17, 15) is 4.79 Å². The molecule has 1 aliphatic heterocycles. The monoisotopic (exact) mass is 295 g/mol. The summed E-state index contributed by atoms with van der Waals surface area (Å²) in [6.45, 7) is 6.51. The normalized spacial score (nSPS) is 17.4. The Labute approximate surface area is 125 Å². The molecule has 0 radical (unpaired) electrons. The van der Waals surface area contributed by atoms with Gasteiger partial charge in [0.1, 0.15) is 5.15 Å². The molecule has 5 heteroatoms. The molecule has 2 rings (SSSR count). The number of piperidine rings is 1. The minimum atomic E-state index is -0.0360. The Hall–Kier alpha value is -1.13. The summed E-state index contributed by atoms with van der Waals surface area (Å²) in [4.78, 5) is 20.7. The third-order valence-corrected chi connectivity index (χ3v) is 4.39. The number of likely N-dealkylation sites (tertiary alicyclic amines) is 1. The van der Waals surface area contributed by atoms with Crippen LogP contribution in [0.2, 0.25) is 5.15 Å². The zero-order valence-corrected chi connectivity index (χ0v) is 13.1. The third-order valence-electron chi connectivity index (χ3n) is 4.09. The predicted molar refractivity (Wildman–Crippen MR) is 81.1 cm³/mol. The van der Waals surface area contributed by atoms with E-state index in [1.165, 1.54) is 0 Å². The fourth-order valence-electron chi connectivity index (χ4n) is 2.69. The van der Waals surface area contributed by atoms with Crippen molar-refractivity contribution in [2.24, 2.45) is 0 Å². The Kier molecular flexibility index (Phi) is 5.00. The van der Waals surface area contributed by atoms with Crippen LogP contribution in [0.15, 0.2) is 18.3 Å². The number of carbonyl (C=O) groups is 1. The van der Waals surface area contributed by atoms with Crippen molar-refractivity contribution >= 4 is 17.5 Å². The summed E-state index contributed by atoms with van der Waals surface area (Å²) in [5.41, 5.74) is 0.489. The molecular weight excluding hydrogens is 274 g/mol. The Morgan fingerprint density at radius 1 is 1.45 bits per heavy atom. The summed E-state index contributed by atoms with van der Waals surface area (Å²) in [6.07, 6.45) is 3.62. The van der Waals surface area contributed by atoms with Gasteiger partial charge in [-0.05, 0) is 38.8 Å². The molecule has 1 fully saturated rings. The Morgan fingerprint density at radius 3 is 2.65 bits per heavy atom. The maximum atomic E-state index is 12.5. The fourth-order valence-corrected chi connectivity index (χ4v) is 2.89. The number of hydrogen-bond donors (Lipinski definition) is 0. The van der Waals surface area contributed by atoms with Crippen LogP contribution in [-0.4, -0.2) is 52.9 Å². The van der Waals surface area contributed by atoms with Gasteiger partial charge in [-0.3, -0.25) is 4.79 Å². The van der Waals surface area contributed by atoms with Gasteiger partial charge in [-0.25, -0.2) is 4.98 Å². The lowest BCUT2D eigenvalue weighted by molar-refractivity contribution is 0.0615. The highest BCUT2D eigenvalue weighted by Crippen LogP contribution is 2.21. The minimum absolute atomic E-state index is 0.0360. The van der Waals surface area contributed by atoms with E-state index in [4.69, 9.17) is 11.6 Å². The van der Waals surface area contributed by atoms with Crippen LogP contribution in [0.5, 0.6) is 0 Å². The lowest BCUT2D eigenvalue weighted by Crippen LogP contribution is -2.47. The van der Waals surface area contributed by atoms with Gasteiger partial charge in [0.15, 0.2) is 0 Å². The molecule has 1 aromatic rings. The molecule has 0 aromatic carbocycles. The zero-order chi connectivity index (χ0) is 14.7. The van der Waals surface area contributed by atoms with Crippen LogP contribution in [-0.2, 0) is 0 Å². The lowest BCUT2D eigenvalue weighted by atomic mass is 10.0. The Bertz CT molecular complexity index is 470. The van der Waals surface area contributed by atoms with E-state index in [-0.39, 0.29) is 17.1 Å². The predicted octanol–water partition coefficient (Wildman–Crippen LogP) is 2.68. The summed E-state index contributed by atoms with van der Waals surface area (Å²) in [7, 11) is 1.86. The van der Waals surface area contributed by atoms with E-state index in [2.05, 4.69) is 23.7 Å². The molecule has 0 N–H and O–H groups in total. The van der Waals surface area contributed by atoms with Gasteiger partial charge in [0.25, 0.3) is 5.91 Å². The van der Waals surface area contributed by atoms with E-state index in [1.54, 1.807) is 18.3 Å². The lowest BCUT2D eigenvalue weighted by Gasteiger charge is -2.38. The highest BCUT2D eigenvalue weighted by molar-refractivity contribution is 6.32. The molecule has 1 aliphatic rings. The largest absolute Gasteiger partial charge is 0.339 e. The van der Waals surface area contributed by atoms with Gasteiger partial charge < -0.3 is 9.80 Å². The van der Waals surface area contributed by atoms with Gasteiger partial charge >= 0.3 is 0 Å². The minimum Gasteiger partial charge on any atom is -0.339 e. The molecule has 0 bridgehead atoms. The third kappa shape index (κ3) is 3.30. The fraction of sp³-hybridized carbons (Fsp3) is 0.600. The van der Waals surface area contributed by atoms with Gasteiger partial charge in [0, 0.05) is 38.4 Å². The maximum absolute atomic E-state index is 12.5. The summed E-state index contributed by atoms with van der Waals surface area (Å²) < 4.78 is 0. The second-order valence-corrected chi connectivity index (χ2v) is 5.98. The molecule has 1 amide bonds. The molecule has 0 atom stereocenters. The SMILES string of the molecule is CC(C)N1CCC(N(C)C(=O)c2cccnc2Cl)CC1. The van der Waals surface area contributed by atoms with Crippen molar-refractivity contribution in [3.8, 4) is 0 Å². The van der Waals surface area contributed by atoms with Crippen molar-refractivity contribution in [1.29, 1.82) is 0 Å². The standard InChI is InChI=1S/C15H22ClN3O/c1-11(2)19-9-6-12(7-10-19)18(3)15(20)13-5-4-8-17-14(13)16/h4-5,8,11-12H,6-7,9-10H2,1-3H3. The van der Waals surface area contributed by atoms with Crippen molar-refractivity contribution in [2.45, 2.75) is 38.8 Å². The number of nitrogens with zero attached hydrogens (tertiary/aromatic N) is 3. The van der Waals surface area contributed by atoms with Crippen LogP contribution in [0.25, 0.3) is 0 Å². The number of rotatable bonds is 3. The topological polar surface area (TPSA) is 36.4 Å². The maximum Gasteiger partial charge on any atom is 0.256 e. The van der Waals surface area contributed by atoms with Crippen LogP contribution in [0.3, 0.4) is 0 Å². The number of aromatic nitrogens is 1. The molecule has 0 spiro atoms. The summed E-state index contributed by atoms with van der Waals surface area (Å²) in [5, 5.41) is 0.281. The van der Waals surface area contributed by atoms with E-state index < -0.39 is 0 Å². The van der Waals surface area contributed by atoms with E-state index in [1.807, 2.05) is 11.9 Å². The van der Waals surface area contributed by atoms with Crippen molar-refractivity contribution in [3.05, 3.63) is 29.0 Å². The second kappa shape index (κ2) is 6.55. The Morgan fingerprint density at radius 2 is 2.10 bits per heavy atom. The van der Waals surface area contributed by atoms with E-state index >= 15 is 0 Å². The first-order valence-electron chi connectivity index (χ1n) is 7.12. The molecule has 2 heterocycles. The number of amides is 1. The van der Waals surface area contributed by atoms with Crippen molar-refractivity contribution < 1.29 is 4.79 Å². The summed E-state index contributed by atoms with van der Waals surface area (Å²) in [5.74, 6) is -0.0360. The average Bonchev–Trinajstić information content (AvgIpc) is 2.46. The van der Waals surface area contributed by atoms with E-state index in [0.29, 0.717) is 11.6 Å². The van der Waals surface area contributed by atoms with Crippen molar-refractivity contribution in [2.75, 3.05) is 20.1 Å². The second-order valence-electron chi connectivity index (χ2n) is 5.62. The van der Waals surface area contributed by atoms with Gasteiger partial charge in [0.05, 0.1) is 5.56 Å². The van der Waals surface area contributed by atoms with Crippen molar-refractivity contribution in [3.63, 3.8) is 0 Å². The van der Waals surface area contributed by atoms with Gasteiger partial charge in [-0.1, -0.05) is 11.6 Å². The molecule has 0 saturated carbocycles. The van der Waals surface area contributed by atoms with Crippen LogP contribution < -0.4 is 0 Å². The summed E-state index contributed by atoms with van der Waals surface area (Å²) in [6, 6.07) is 4.34. The number of carbonyl (C=O) groups excluding carboxylic acids is 1. The van der Waals surface area contributed by atoms with Crippen LogP contribution in [0.1, 0.15) is 37.0 Å². The first-order valence-corrected chi connectivity index (χ1v) is 7.50.